The molecule has 0 amide bonds. The maximum atomic E-state index is 14.5. The normalized spacial score (nSPS) is 24.6. The molecule has 0 radical (unpaired) electrons. The highest BCUT2D eigenvalue weighted by Gasteiger charge is 2.65. The molecule has 3 heterocycles. The summed E-state index contributed by atoms with van der Waals surface area (Å²) in [5, 5.41) is 9.20. The molecule has 2 aromatic heterocycles. The number of aromatic carboxylic acids is 1. The zero-order valence-electron chi connectivity index (χ0n) is 18.5. The Hall–Kier alpha value is -3.54. The molecule has 12 heteroatoms. The maximum absolute atomic E-state index is 14.5. The number of nitrogens with one attached hydrogen (secondary N) is 1. The number of aromatic nitrogens is 2. The molecule has 7 nitrogen and oxygen atoms in total. The van der Waals surface area contributed by atoms with Crippen molar-refractivity contribution in [1.29, 1.82) is 0 Å². The van der Waals surface area contributed by atoms with Gasteiger partial charge in [0.25, 0.3) is 0 Å². The van der Waals surface area contributed by atoms with Crippen LogP contribution in [0.25, 0.3) is 10.9 Å². The fourth-order valence-electron chi connectivity index (χ4n) is 4.52. The molecule has 35 heavy (non-hydrogen) atoms. The van der Waals surface area contributed by atoms with Crippen LogP contribution in [-0.2, 0) is 4.74 Å². The van der Waals surface area contributed by atoms with Gasteiger partial charge >= 0.3 is 12.1 Å². The third kappa shape index (κ3) is 3.81. The second-order valence-corrected chi connectivity index (χ2v) is 8.45. The number of methoxy groups -OCH3 is 1. The number of rotatable bonds is 4. The number of alkyl halides is 3. The molecule has 186 valence electrons. The highest BCUT2D eigenvalue weighted by molar-refractivity contribution is 5.90. The number of ether oxygens (including phenoxy) is 2. The zero-order chi connectivity index (χ0) is 25.9. The Morgan fingerprint density at radius 1 is 1.26 bits per heavy atom. The van der Waals surface area contributed by atoms with Crippen molar-refractivity contribution >= 4 is 16.9 Å². The van der Waals surface area contributed by atoms with Crippen LogP contribution in [0, 0.1) is 17.6 Å². The van der Waals surface area contributed by atoms with E-state index in [9.17, 15) is 36.6 Å². The summed E-state index contributed by atoms with van der Waals surface area (Å²) < 4.78 is 81.3. The molecule has 2 N–H and O–H groups in total. The molecular formula is C23H19F5N2O5. The molecule has 1 fully saturated rings. The van der Waals surface area contributed by atoms with Crippen molar-refractivity contribution in [2.24, 2.45) is 5.92 Å². The summed E-state index contributed by atoms with van der Waals surface area (Å²) in [6.07, 6.45) is -5.30. The average molecular weight is 498 g/mol. The lowest BCUT2D eigenvalue weighted by Gasteiger charge is -2.32. The minimum atomic E-state index is -4.86. The van der Waals surface area contributed by atoms with Crippen molar-refractivity contribution in [2.45, 2.75) is 37.6 Å². The number of halogens is 5. The van der Waals surface area contributed by atoms with Crippen molar-refractivity contribution in [3.05, 3.63) is 69.3 Å². The van der Waals surface area contributed by atoms with Gasteiger partial charge < -0.3 is 19.6 Å². The standard InChI is InChI=1S/C23H19F5N2O5/c1-9-17(10-4-5-12(24)18(25)19(10)34-3)20(35-22(9,2)23(26,27)28)14-7-16(31)11-8-29-15(21(32)33)6-13(11)30-14/h4-9,17,20H,1-3H3,(H,30,31)(H,32,33)/t9-,17-,20-,22+/m0/s1. The Kier molecular flexibility index (Phi) is 5.82. The summed E-state index contributed by atoms with van der Waals surface area (Å²) in [6, 6.07) is 3.97. The van der Waals surface area contributed by atoms with Crippen LogP contribution in [0.3, 0.4) is 0 Å². The molecule has 1 saturated heterocycles. The van der Waals surface area contributed by atoms with Crippen LogP contribution >= 0.6 is 0 Å². The first-order valence-corrected chi connectivity index (χ1v) is 10.3. The van der Waals surface area contributed by atoms with E-state index >= 15 is 0 Å². The number of benzene rings is 1. The topological polar surface area (TPSA) is 102 Å². The number of aromatic amines is 1. The van der Waals surface area contributed by atoms with Gasteiger partial charge in [0, 0.05) is 35.4 Å². The summed E-state index contributed by atoms with van der Waals surface area (Å²) >= 11 is 0. The molecule has 0 bridgehead atoms. The molecule has 4 rings (SSSR count). The van der Waals surface area contributed by atoms with Crippen LogP contribution in [0.4, 0.5) is 22.0 Å². The number of carbonyl (C=O) groups is 1. The van der Waals surface area contributed by atoms with Gasteiger partial charge in [-0.05, 0) is 19.1 Å². The Balaban J connectivity index is 1.97. The second-order valence-electron chi connectivity index (χ2n) is 8.45. The molecular weight excluding hydrogens is 479 g/mol. The van der Waals surface area contributed by atoms with Gasteiger partial charge in [-0.15, -0.1) is 0 Å². The number of pyridine rings is 2. The van der Waals surface area contributed by atoms with Crippen molar-refractivity contribution in [2.75, 3.05) is 7.11 Å². The van der Waals surface area contributed by atoms with Crippen LogP contribution in [0.2, 0.25) is 0 Å². The first-order chi connectivity index (χ1) is 16.3. The lowest BCUT2D eigenvalue weighted by atomic mass is 9.76. The minimum absolute atomic E-state index is 0.00494. The van der Waals surface area contributed by atoms with E-state index in [0.717, 1.165) is 44.5 Å². The smallest absolute Gasteiger partial charge is 0.417 e. The largest absolute Gasteiger partial charge is 0.493 e. The fourth-order valence-corrected chi connectivity index (χ4v) is 4.52. The number of hydrogen-bond donors (Lipinski definition) is 2. The molecule has 3 aromatic rings. The van der Waals surface area contributed by atoms with Gasteiger partial charge in [0.05, 0.1) is 18.0 Å². The monoisotopic (exact) mass is 498 g/mol. The number of nitrogens with zero attached hydrogens (tertiary/aromatic N) is 1. The number of hydrogen-bond acceptors (Lipinski definition) is 5. The Morgan fingerprint density at radius 3 is 2.54 bits per heavy atom. The van der Waals surface area contributed by atoms with Crippen LogP contribution in [0.5, 0.6) is 5.75 Å². The SMILES string of the molecule is COc1c([C@H]2[C@H](c3cc(=O)c4cnc(C(=O)O)cc4[nH]3)O[C@@](C)(C(F)(F)F)[C@H]2C)ccc(F)c1F. The molecule has 0 aliphatic carbocycles. The summed E-state index contributed by atoms with van der Waals surface area (Å²) in [5.41, 5.74) is -3.96. The van der Waals surface area contributed by atoms with Gasteiger partial charge in [0.1, 0.15) is 11.8 Å². The zero-order valence-corrected chi connectivity index (χ0v) is 18.5. The summed E-state index contributed by atoms with van der Waals surface area (Å²) in [5.74, 6) is -7.15. The van der Waals surface area contributed by atoms with Gasteiger partial charge in [-0.25, -0.2) is 14.2 Å². The van der Waals surface area contributed by atoms with Crippen LogP contribution in [0.15, 0.2) is 35.3 Å². The van der Waals surface area contributed by atoms with Gasteiger partial charge in [0.2, 0.25) is 5.82 Å². The van der Waals surface area contributed by atoms with Gasteiger partial charge in [0.15, 0.2) is 22.6 Å². The molecule has 0 unspecified atom stereocenters. The van der Waals surface area contributed by atoms with E-state index in [0.29, 0.717) is 0 Å². The molecule has 1 aliphatic heterocycles. The predicted molar refractivity (Wildman–Crippen MR) is 112 cm³/mol. The van der Waals surface area contributed by atoms with Crippen molar-refractivity contribution in [3.8, 4) is 5.75 Å². The van der Waals surface area contributed by atoms with Gasteiger partial charge in [-0.1, -0.05) is 13.0 Å². The van der Waals surface area contributed by atoms with Gasteiger partial charge in [-0.2, -0.15) is 17.6 Å². The van der Waals surface area contributed by atoms with Crippen molar-refractivity contribution in [3.63, 3.8) is 0 Å². The maximum Gasteiger partial charge on any atom is 0.417 e. The lowest BCUT2D eigenvalue weighted by molar-refractivity contribution is -0.275. The summed E-state index contributed by atoms with van der Waals surface area (Å²) in [7, 11) is 1.05. The first kappa shape index (κ1) is 24.6. The summed E-state index contributed by atoms with van der Waals surface area (Å²) in [4.78, 5) is 30.5. The lowest BCUT2D eigenvalue weighted by Crippen LogP contribution is -2.46. The Morgan fingerprint density at radius 2 is 1.94 bits per heavy atom. The van der Waals surface area contributed by atoms with Gasteiger partial charge in [-0.3, -0.25) is 4.79 Å². The molecule has 0 saturated carbocycles. The number of carboxylic acids is 1. The second kappa shape index (κ2) is 8.29. The van der Waals surface area contributed by atoms with Crippen molar-refractivity contribution < 1.29 is 41.3 Å². The fraction of sp³-hybridized carbons (Fsp3) is 0.348. The average Bonchev–Trinajstić information content (AvgIpc) is 3.07. The Labute approximate surface area is 194 Å². The first-order valence-electron chi connectivity index (χ1n) is 10.3. The number of fused-ring (bicyclic) bond motifs is 1. The van der Waals surface area contributed by atoms with E-state index in [-0.39, 0.29) is 22.2 Å². The van der Waals surface area contributed by atoms with E-state index in [2.05, 4.69) is 9.97 Å². The van der Waals surface area contributed by atoms with Crippen molar-refractivity contribution in [1.82, 2.24) is 9.97 Å². The quantitative estimate of drug-likeness (QED) is 0.505. The Bertz CT molecular complexity index is 1390. The molecule has 0 spiro atoms. The highest BCUT2D eigenvalue weighted by atomic mass is 19.4. The van der Waals surface area contributed by atoms with E-state index in [1.807, 2.05) is 0 Å². The summed E-state index contributed by atoms with van der Waals surface area (Å²) in [6.45, 7) is 2.09. The third-order valence-electron chi connectivity index (χ3n) is 6.57. The number of carboxylic acid groups (broad SMARTS) is 1. The molecule has 4 atom stereocenters. The molecule has 1 aliphatic rings. The van der Waals surface area contributed by atoms with Crippen LogP contribution < -0.4 is 10.2 Å². The minimum Gasteiger partial charge on any atom is -0.493 e. The van der Waals surface area contributed by atoms with E-state index < -0.39 is 64.2 Å². The predicted octanol–water partition coefficient (Wildman–Crippen LogP) is 4.72. The van der Waals surface area contributed by atoms with E-state index in [1.54, 1.807) is 0 Å². The van der Waals surface area contributed by atoms with E-state index in [4.69, 9.17) is 9.47 Å². The molecule has 1 aromatic carbocycles. The third-order valence-corrected chi connectivity index (χ3v) is 6.57. The van der Waals surface area contributed by atoms with Crippen LogP contribution in [0.1, 0.15) is 47.6 Å². The van der Waals surface area contributed by atoms with E-state index in [1.165, 1.54) is 6.92 Å². The number of H-pyrrole nitrogens is 1. The highest BCUT2D eigenvalue weighted by Crippen LogP contribution is 2.59. The van der Waals surface area contributed by atoms with Crippen LogP contribution in [-0.4, -0.2) is 39.9 Å².